The van der Waals surface area contributed by atoms with Gasteiger partial charge in [0.15, 0.2) is 0 Å². The molecule has 116 valence electrons. The third kappa shape index (κ3) is 4.97. The predicted molar refractivity (Wildman–Crippen MR) is 70.3 cm³/mol. The van der Waals surface area contributed by atoms with Crippen molar-refractivity contribution in [2.75, 3.05) is 11.9 Å². The number of halogens is 3. The molecule has 0 bridgehead atoms. The van der Waals surface area contributed by atoms with Crippen LogP contribution in [0.15, 0.2) is 18.2 Å². The lowest BCUT2D eigenvalue weighted by Crippen LogP contribution is -2.30. The molecule has 0 aliphatic carbocycles. The number of unbranched alkanes of at least 4 members (excludes halogenated alkanes) is 1. The van der Waals surface area contributed by atoms with Crippen molar-refractivity contribution in [1.82, 2.24) is 5.32 Å². The number of hydrogen-bond acceptors (Lipinski definition) is 2. The molecule has 0 aromatic heterocycles. The molecule has 1 aromatic carbocycles. The highest BCUT2D eigenvalue weighted by Gasteiger charge is 2.32. The van der Waals surface area contributed by atoms with E-state index in [0.29, 0.717) is 18.7 Å². The Morgan fingerprint density at radius 1 is 1.29 bits per heavy atom. The highest BCUT2D eigenvalue weighted by molar-refractivity contribution is 6.00. The van der Waals surface area contributed by atoms with Crippen molar-refractivity contribution in [3.63, 3.8) is 0 Å². The van der Waals surface area contributed by atoms with E-state index < -0.39 is 29.3 Å². The van der Waals surface area contributed by atoms with Crippen LogP contribution in [0.4, 0.5) is 23.7 Å². The molecule has 8 heteroatoms. The quantitative estimate of drug-likeness (QED) is 0.730. The SMILES string of the molecule is CCCCNC(=O)Nc1ccc(C(F)(F)F)cc1C(=O)O. The smallest absolute Gasteiger partial charge is 0.416 e. The van der Waals surface area contributed by atoms with Gasteiger partial charge in [0, 0.05) is 6.54 Å². The summed E-state index contributed by atoms with van der Waals surface area (Å²) in [6.45, 7) is 2.32. The fourth-order valence-corrected chi connectivity index (χ4v) is 1.55. The average molecular weight is 304 g/mol. The van der Waals surface area contributed by atoms with Crippen molar-refractivity contribution >= 4 is 17.7 Å². The molecule has 2 amide bonds. The van der Waals surface area contributed by atoms with E-state index in [4.69, 9.17) is 5.11 Å². The number of urea groups is 1. The van der Waals surface area contributed by atoms with Gasteiger partial charge in [0.1, 0.15) is 0 Å². The van der Waals surface area contributed by atoms with Crippen molar-refractivity contribution in [2.24, 2.45) is 0 Å². The minimum Gasteiger partial charge on any atom is -0.478 e. The van der Waals surface area contributed by atoms with Crippen LogP contribution >= 0.6 is 0 Å². The van der Waals surface area contributed by atoms with Crippen molar-refractivity contribution in [2.45, 2.75) is 25.9 Å². The predicted octanol–water partition coefficient (Wildman–Crippen LogP) is 3.33. The molecule has 0 spiro atoms. The Balaban J connectivity index is 2.92. The molecule has 0 radical (unpaired) electrons. The Kier molecular flexibility index (Phi) is 5.57. The number of aromatic carboxylic acids is 1. The number of benzene rings is 1. The zero-order chi connectivity index (χ0) is 16.0. The van der Waals surface area contributed by atoms with Gasteiger partial charge in [-0.1, -0.05) is 13.3 Å². The second kappa shape index (κ2) is 6.96. The van der Waals surface area contributed by atoms with Crippen LogP contribution in [0, 0.1) is 0 Å². The van der Waals surface area contributed by atoms with Gasteiger partial charge >= 0.3 is 18.2 Å². The van der Waals surface area contributed by atoms with Crippen molar-refractivity contribution in [3.8, 4) is 0 Å². The lowest BCUT2D eigenvalue weighted by molar-refractivity contribution is -0.137. The van der Waals surface area contributed by atoms with Crippen molar-refractivity contribution in [3.05, 3.63) is 29.3 Å². The fourth-order valence-electron chi connectivity index (χ4n) is 1.55. The van der Waals surface area contributed by atoms with E-state index in [-0.39, 0.29) is 5.69 Å². The average Bonchev–Trinajstić information content (AvgIpc) is 2.37. The molecule has 0 saturated heterocycles. The van der Waals surface area contributed by atoms with E-state index in [1.54, 1.807) is 0 Å². The maximum atomic E-state index is 12.5. The highest BCUT2D eigenvalue weighted by Crippen LogP contribution is 2.31. The van der Waals surface area contributed by atoms with Gasteiger partial charge < -0.3 is 15.7 Å². The molecule has 3 N–H and O–H groups in total. The largest absolute Gasteiger partial charge is 0.478 e. The maximum absolute atomic E-state index is 12.5. The first kappa shape index (κ1) is 16.8. The lowest BCUT2D eigenvalue weighted by atomic mass is 10.1. The lowest BCUT2D eigenvalue weighted by Gasteiger charge is -2.12. The molecule has 0 aliphatic rings. The maximum Gasteiger partial charge on any atom is 0.416 e. The van der Waals surface area contributed by atoms with Crippen LogP contribution in [0.1, 0.15) is 35.7 Å². The first-order valence-electron chi connectivity index (χ1n) is 6.25. The third-order valence-corrected chi connectivity index (χ3v) is 2.64. The van der Waals surface area contributed by atoms with Crippen LogP contribution in [-0.4, -0.2) is 23.7 Å². The molecule has 0 heterocycles. The Morgan fingerprint density at radius 3 is 2.48 bits per heavy atom. The molecule has 0 aliphatic heterocycles. The second-order valence-corrected chi connectivity index (χ2v) is 4.30. The summed E-state index contributed by atoms with van der Waals surface area (Å²) < 4.78 is 37.6. The van der Waals surface area contributed by atoms with Crippen molar-refractivity contribution < 1.29 is 27.9 Å². The minimum atomic E-state index is -4.65. The molecular weight excluding hydrogens is 289 g/mol. The Bertz CT molecular complexity index is 530. The summed E-state index contributed by atoms with van der Waals surface area (Å²) in [5, 5.41) is 13.7. The molecule has 0 unspecified atom stereocenters. The van der Waals surface area contributed by atoms with E-state index in [9.17, 15) is 22.8 Å². The summed E-state index contributed by atoms with van der Waals surface area (Å²) in [7, 11) is 0. The van der Waals surface area contributed by atoms with Gasteiger partial charge in [0.05, 0.1) is 16.8 Å². The first-order valence-corrected chi connectivity index (χ1v) is 6.25. The zero-order valence-corrected chi connectivity index (χ0v) is 11.3. The van der Waals surface area contributed by atoms with Gasteiger partial charge in [-0.25, -0.2) is 9.59 Å². The van der Waals surface area contributed by atoms with Crippen molar-refractivity contribution in [1.29, 1.82) is 0 Å². The fraction of sp³-hybridized carbons (Fsp3) is 0.385. The normalized spacial score (nSPS) is 11.0. The van der Waals surface area contributed by atoms with Crippen LogP contribution in [0.2, 0.25) is 0 Å². The van der Waals surface area contributed by atoms with Crippen LogP contribution < -0.4 is 10.6 Å². The van der Waals surface area contributed by atoms with Crippen LogP contribution in [-0.2, 0) is 6.18 Å². The summed E-state index contributed by atoms with van der Waals surface area (Å²) in [5.74, 6) is -1.55. The molecule has 5 nitrogen and oxygen atoms in total. The summed E-state index contributed by atoms with van der Waals surface area (Å²) in [6, 6.07) is 1.47. The standard InChI is InChI=1S/C13H15F3N2O3/c1-2-3-6-17-12(21)18-10-5-4-8(13(14,15)16)7-9(10)11(19)20/h4-5,7H,2-3,6H2,1H3,(H,19,20)(H2,17,18,21). The zero-order valence-electron chi connectivity index (χ0n) is 11.3. The summed E-state index contributed by atoms with van der Waals surface area (Å²) in [4.78, 5) is 22.5. The summed E-state index contributed by atoms with van der Waals surface area (Å²) in [6.07, 6.45) is -3.04. The summed E-state index contributed by atoms with van der Waals surface area (Å²) >= 11 is 0. The monoisotopic (exact) mass is 304 g/mol. The van der Waals surface area contributed by atoms with Gasteiger partial charge in [-0.05, 0) is 24.6 Å². The molecule has 0 saturated carbocycles. The third-order valence-electron chi connectivity index (χ3n) is 2.64. The van der Waals surface area contributed by atoms with Gasteiger partial charge in [-0.3, -0.25) is 0 Å². The molecule has 1 aromatic rings. The number of nitrogens with one attached hydrogen (secondary N) is 2. The first-order chi connectivity index (χ1) is 9.75. The number of hydrogen-bond donors (Lipinski definition) is 3. The van der Waals surface area contributed by atoms with Gasteiger partial charge in [0.25, 0.3) is 0 Å². The van der Waals surface area contributed by atoms with Crippen LogP contribution in [0.25, 0.3) is 0 Å². The topological polar surface area (TPSA) is 78.4 Å². The molecule has 21 heavy (non-hydrogen) atoms. The summed E-state index contributed by atoms with van der Waals surface area (Å²) in [5.41, 5.74) is -1.89. The Morgan fingerprint density at radius 2 is 1.95 bits per heavy atom. The highest BCUT2D eigenvalue weighted by atomic mass is 19.4. The number of alkyl halides is 3. The van der Waals surface area contributed by atoms with E-state index in [0.717, 1.165) is 18.9 Å². The van der Waals surface area contributed by atoms with Gasteiger partial charge in [-0.2, -0.15) is 13.2 Å². The second-order valence-electron chi connectivity index (χ2n) is 4.30. The van der Waals surface area contributed by atoms with Crippen LogP contribution in [0.5, 0.6) is 0 Å². The molecule has 0 atom stereocenters. The Hall–Kier alpha value is -2.25. The van der Waals surface area contributed by atoms with Gasteiger partial charge in [-0.15, -0.1) is 0 Å². The van der Waals surface area contributed by atoms with E-state index >= 15 is 0 Å². The minimum absolute atomic E-state index is 0.190. The number of carboxylic acid groups (broad SMARTS) is 1. The van der Waals surface area contributed by atoms with Crippen LogP contribution in [0.3, 0.4) is 0 Å². The molecule has 1 rings (SSSR count). The van der Waals surface area contributed by atoms with E-state index in [1.807, 2.05) is 6.92 Å². The molecular formula is C13H15F3N2O3. The number of rotatable bonds is 5. The Labute approximate surface area is 119 Å². The number of carbonyl (C=O) groups excluding carboxylic acids is 1. The van der Waals surface area contributed by atoms with E-state index in [2.05, 4.69) is 10.6 Å². The number of carbonyl (C=O) groups is 2. The van der Waals surface area contributed by atoms with Gasteiger partial charge in [0.2, 0.25) is 0 Å². The molecule has 0 fully saturated rings. The number of anilines is 1. The number of carboxylic acids is 1. The number of amides is 2. The van der Waals surface area contributed by atoms with E-state index in [1.165, 1.54) is 0 Å².